The second-order valence-electron chi connectivity index (χ2n) is 4.06. The van der Waals surface area contributed by atoms with Gasteiger partial charge in [0.25, 0.3) is 0 Å². The fraction of sp³-hybridized carbons (Fsp3) is 0.231. The third-order valence-corrected chi connectivity index (χ3v) is 2.58. The number of carbonyl (C=O) groups is 1. The lowest BCUT2D eigenvalue weighted by molar-refractivity contribution is -0.136. The lowest BCUT2D eigenvalue weighted by atomic mass is 10.2. The maximum atomic E-state index is 10.6. The van der Waals surface area contributed by atoms with Crippen LogP contribution in [0.5, 0.6) is 0 Å². The second-order valence-corrected chi connectivity index (χ2v) is 4.06. The van der Waals surface area contributed by atoms with Gasteiger partial charge in [0, 0.05) is 11.9 Å². The van der Waals surface area contributed by atoms with E-state index in [4.69, 9.17) is 5.11 Å². The molecule has 4 nitrogen and oxygen atoms in total. The molecule has 0 amide bonds. The Morgan fingerprint density at radius 2 is 1.94 bits per heavy atom. The van der Waals surface area contributed by atoms with Crippen molar-refractivity contribution in [2.45, 2.75) is 20.3 Å². The summed E-state index contributed by atoms with van der Waals surface area (Å²) in [5.74, 6) is -0.0661. The van der Waals surface area contributed by atoms with E-state index in [9.17, 15) is 4.79 Å². The molecule has 0 spiro atoms. The summed E-state index contributed by atoms with van der Waals surface area (Å²) in [7, 11) is 0. The predicted molar refractivity (Wildman–Crippen MR) is 64.4 cm³/mol. The van der Waals surface area contributed by atoms with Crippen molar-refractivity contribution < 1.29 is 9.90 Å². The van der Waals surface area contributed by atoms with E-state index in [0.717, 1.165) is 11.5 Å². The minimum absolute atomic E-state index is 0.0420. The lowest BCUT2D eigenvalue weighted by Crippen LogP contribution is -1.99. The van der Waals surface area contributed by atoms with Crippen LogP contribution in [0.2, 0.25) is 0 Å². The molecule has 0 aliphatic rings. The summed E-state index contributed by atoms with van der Waals surface area (Å²) in [5.41, 5.74) is 2.77. The third kappa shape index (κ3) is 2.53. The molecular formula is C13H14N2O2. The molecule has 17 heavy (non-hydrogen) atoms. The molecule has 0 fully saturated rings. The van der Waals surface area contributed by atoms with E-state index < -0.39 is 5.97 Å². The molecule has 4 heteroatoms. The third-order valence-electron chi connectivity index (χ3n) is 2.58. The van der Waals surface area contributed by atoms with Crippen LogP contribution >= 0.6 is 0 Å². The number of imidazole rings is 1. The van der Waals surface area contributed by atoms with E-state index >= 15 is 0 Å². The highest BCUT2D eigenvalue weighted by Gasteiger charge is 2.08. The van der Waals surface area contributed by atoms with Gasteiger partial charge in [0.1, 0.15) is 5.82 Å². The Hall–Kier alpha value is -2.10. The van der Waals surface area contributed by atoms with Crippen LogP contribution in [-0.2, 0) is 11.2 Å². The van der Waals surface area contributed by atoms with Gasteiger partial charge in [-0.2, -0.15) is 0 Å². The summed E-state index contributed by atoms with van der Waals surface area (Å²) >= 11 is 0. The molecular weight excluding hydrogens is 216 g/mol. The summed E-state index contributed by atoms with van der Waals surface area (Å²) < 4.78 is 1.90. The molecule has 1 heterocycles. The van der Waals surface area contributed by atoms with Crippen LogP contribution in [0.15, 0.2) is 30.5 Å². The zero-order valence-corrected chi connectivity index (χ0v) is 9.84. The van der Waals surface area contributed by atoms with Gasteiger partial charge in [-0.1, -0.05) is 17.7 Å². The number of hydrogen-bond donors (Lipinski definition) is 1. The Kier molecular flexibility index (Phi) is 2.95. The van der Waals surface area contributed by atoms with E-state index in [1.165, 1.54) is 5.56 Å². The molecule has 0 atom stereocenters. The highest BCUT2D eigenvalue weighted by Crippen LogP contribution is 2.13. The van der Waals surface area contributed by atoms with Crippen molar-refractivity contribution in [2.24, 2.45) is 0 Å². The minimum atomic E-state index is -0.862. The van der Waals surface area contributed by atoms with Crippen LogP contribution < -0.4 is 0 Å². The number of aliphatic carboxylic acids is 1. The van der Waals surface area contributed by atoms with Gasteiger partial charge >= 0.3 is 5.97 Å². The first-order valence-electron chi connectivity index (χ1n) is 5.40. The van der Waals surface area contributed by atoms with E-state index in [-0.39, 0.29) is 6.42 Å². The number of hydrogen-bond acceptors (Lipinski definition) is 2. The van der Waals surface area contributed by atoms with Crippen molar-refractivity contribution in [2.75, 3.05) is 0 Å². The van der Waals surface area contributed by atoms with E-state index in [1.54, 1.807) is 6.20 Å². The van der Waals surface area contributed by atoms with Crippen molar-refractivity contribution in [3.63, 3.8) is 0 Å². The van der Waals surface area contributed by atoms with Gasteiger partial charge in [-0.15, -0.1) is 0 Å². The quantitative estimate of drug-likeness (QED) is 0.878. The largest absolute Gasteiger partial charge is 0.481 e. The summed E-state index contributed by atoms with van der Waals surface area (Å²) in [4.78, 5) is 14.9. The van der Waals surface area contributed by atoms with Crippen LogP contribution in [0.25, 0.3) is 5.69 Å². The molecule has 1 N–H and O–H groups in total. The van der Waals surface area contributed by atoms with Crippen molar-refractivity contribution in [3.8, 4) is 5.69 Å². The van der Waals surface area contributed by atoms with E-state index in [1.807, 2.05) is 42.7 Å². The molecule has 0 saturated carbocycles. The van der Waals surface area contributed by atoms with Gasteiger partial charge < -0.3 is 9.67 Å². The second kappa shape index (κ2) is 4.41. The Morgan fingerprint density at radius 3 is 2.53 bits per heavy atom. The molecule has 88 valence electrons. The molecule has 1 aromatic heterocycles. The van der Waals surface area contributed by atoms with Gasteiger partial charge in [-0.25, -0.2) is 4.98 Å². The zero-order valence-electron chi connectivity index (χ0n) is 9.84. The predicted octanol–water partition coefficient (Wildman–Crippen LogP) is 2.12. The molecule has 1 aromatic carbocycles. The topological polar surface area (TPSA) is 55.1 Å². The Morgan fingerprint density at radius 1 is 1.29 bits per heavy atom. The van der Waals surface area contributed by atoms with Crippen LogP contribution in [0.3, 0.4) is 0 Å². The normalized spacial score (nSPS) is 10.5. The monoisotopic (exact) mass is 230 g/mol. The van der Waals surface area contributed by atoms with Crippen molar-refractivity contribution >= 4 is 5.97 Å². The average molecular weight is 230 g/mol. The first kappa shape index (κ1) is 11.4. The summed E-state index contributed by atoms with van der Waals surface area (Å²) in [6.07, 6.45) is 1.73. The van der Waals surface area contributed by atoms with E-state index in [0.29, 0.717) is 5.69 Å². The summed E-state index contributed by atoms with van der Waals surface area (Å²) in [6.45, 7) is 3.89. The SMILES string of the molecule is Cc1ccc(-n2cc(CC(=O)O)nc2C)cc1. The minimum Gasteiger partial charge on any atom is -0.481 e. The average Bonchev–Trinajstić information content (AvgIpc) is 2.59. The van der Waals surface area contributed by atoms with E-state index in [2.05, 4.69) is 4.98 Å². The van der Waals surface area contributed by atoms with Crippen molar-refractivity contribution in [1.82, 2.24) is 9.55 Å². The fourth-order valence-electron chi connectivity index (χ4n) is 1.74. The lowest BCUT2D eigenvalue weighted by Gasteiger charge is -2.04. The number of benzene rings is 1. The molecule has 2 aromatic rings. The van der Waals surface area contributed by atoms with Crippen LogP contribution in [0.1, 0.15) is 17.1 Å². The fourth-order valence-corrected chi connectivity index (χ4v) is 1.74. The van der Waals surface area contributed by atoms with Crippen molar-refractivity contribution in [3.05, 3.63) is 47.5 Å². The smallest absolute Gasteiger partial charge is 0.309 e. The van der Waals surface area contributed by atoms with Gasteiger partial charge in [-0.3, -0.25) is 4.79 Å². The zero-order chi connectivity index (χ0) is 12.4. The Balaban J connectivity index is 2.35. The maximum absolute atomic E-state index is 10.6. The highest BCUT2D eigenvalue weighted by molar-refractivity contribution is 5.69. The van der Waals surface area contributed by atoms with Crippen LogP contribution in [0.4, 0.5) is 0 Å². The standard InChI is InChI=1S/C13H14N2O2/c1-9-3-5-12(6-4-9)15-8-11(7-13(16)17)14-10(15)2/h3-6,8H,7H2,1-2H3,(H,16,17). The molecule has 0 unspecified atom stereocenters. The van der Waals surface area contributed by atoms with Gasteiger partial charge in [0.2, 0.25) is 0 Å². The summed E-state index contributed by atoms with van der Waals surface area (Å²) in [5, 5.41) is 8.72. The first-order chi connectivity index (χ1) is 8.06. The van der Waals surface area contributed by atoms with Crippen LogP contribution in [0, 0.1) is 13.8 Å². The molecule has 0 bridgehead atoms. The molecule has 0 aliphatic heterocycles. The first-order valence-corrected chi connectivity index (χ1v) is 5.40. The maximum Gasteiger partial charge on any atom is 0.309 e. The Labute approximate surface area is 99.5 Å². The Bertz CT molecular complexity index is 541. The molecule has 2 rings (SSSR count). The number of aromatic nitrogens is 2. The molecule has 0 aliphatic carbocycles. The number of carboxylic acid groups (broad SMARTS) is 1. The van der Waals surface area contributed by atoms with Gasteiger partial charge in [0.05, 0.1) is 12.1 Å². The van der Waals surface area contributed by atoms with Gasteiger partial charge in [0.15, 0.2) is 0 Å². The van der Waals surface area contributed by atoms with Crippen molar-refractivity contribution in [1.29, 1.82) is 0 Å². The number of nitrogens with zero attached hydrogens (tertiary/aromatic N) is 2. The summed E-state index contributed by atoms with van der Waals surface area (Å²) in [6, 6.07) is 8.03. The number of aryl methyl sites for hydroxylation is 2. The molecule has 0 saturated heterocycles. The number of carboxylic acids is 1. The number of rotatable bonds is 3. The van der Waals surface area contributed by atoms with Crippen LogP contribution in [-0.4, -0.2) is 20.6 Å². The highest BCUT2D eigenvalue weighted by atomic mass is 16.4. The molecule has 0 radical (unpaired) electrons. The van der Waals surface area contributed by atoms with Gasteiger partial charge in [-0.05, 0) is 26.0 Å².